The van der Waals surface area contributed by atoms with Crippen LogP contribution < -0.4 is 10.1 Å². The minimum Gasteiger partial charge on any atom is -0.497 e. The van der Waals surface area contributed by atoms with E-state index in [2.05, 4.69) is 22.1 Å². The van der Waals surface area contributed by atoms with Crippen LogP contribution in [0.25, 0.3) is 0 Å². The molecule has 2 aromatic rings. The highest BCUT2D eigenvalue weighted by Gasteiger charge is 2.00. The van der Waals surface area contributed by atoms with Crippen LogP contribution in [0.3, 0.4) is 0 Å². The first-order valence-corrected chi connectivity index (χ1v) is 5.66. The van der Waals surface area contributed by atoms with Crippen molar-refractivity contribution in [2.45, 2.75) is 0 Å². The Morgan fingerprint density at radius 3 is 2.79 bits per heavy atom. The van der Waals surface area contributed by atoms with Crippen LogP contribution in [0.2, 0.25) is 0 Å². The minimum absolute atomic E-state index is 0.409. The summed E-state index contributed by atoms with van der Waals surface area (Å²) < 4.78 is 5.04. The molecule has 0 saturated heterocycles. The lowest BCUT2D eigenvalue weighted by Gasteiger charge is -2.02. The van der Waals surface area contributed by atoms with Crippen LogP contribution >= 0.6 is 0 Å². The number of carbonyl (C=O) groups is 1. The number of methoxy groups -OCH3 is 1. The Morgan fingerprint density at radius 1 is 1.26 bits per heavy atom. The van der Waals surface area contributed by atoms with Crippen LogP contribution in [0.4, 0.5) is 5.82 Å². The van der Waals surface area contributed by atoms with Crippen molar-refractivity contribution >= 4 is 11.7 Å². The Bertz CT molecular complexity index is 627. The van der Waals surface area contributed by atoms with Gasteiger partial charge in [-0.3, -0.25) is 10.1 Å². The molecule has 0 saturated carbocycles. The Kier molecular flexibility index (Phi) is 4.14. The number of rotatable bonds is 2. The lowest BCUT2D eigenvalue weighted by Crippen LogP contribution is -2.09. The molecule has 0 unspecified atom stereocenters. The fourth-order valence-corrected chi connectivity index (χ4v) is 1.40. The fraction of sp³-hybridized carbons (Fsp3) is 0.0667. The summed E-state index contributed by atoms with van der Waals surface area (Å²) in [5.74, 6) is 5.90. The molecule has 1 amide bonds. The Morgan fingerprint density at radius 2 is 2.05 bits per heavy atom. The zero-order valence-electron chi connectivity index (χ0n) is 10.4. The first-order valence-electron chi connectivity index (χ1n) is 5.66. The van der Waals surface area contributed by atoms with Gasteiger partial charge in [-0.05, 0) is 18.2 Å². The third-order valence-corrected chi connectivity index (χ3v) is 2.30. The summed E-state index contributed by atoms with van der Waals surface area (Å²) in [6, 6.07) is 12.6. The third kappa shape index (κ3) is 3.86. The second kappa shape index (κ2) is 6.22. The van der Waals surface area contributed by atoms with Crippen LogP contribution in [-0.4, -0.2) is 18.0 Å². The monoisotopic (exact) mass is 252 g/mol. The first-order chi connectivity index (χ1) is 9.28. The van der Waals surface area contributed by atoms with Crippen molar-refractivity contribution in [1.82, 2.24) is 4.98 Å². The van der Waals surface area contributed by atoms with Crippen LogP contribution in [0.5, 0.6) is 5.75 Å². The van der Waals surface area contributed by atoms with E-state index >= 15 is 0 Å². The first kappa shape index (κ1) is 12.7. The van der Waals surface area contributed by atoms with E-state index in [9.17, 15) is 4.79 Å². The molecular weight excluding hydrogens is 240 g/mol. The number of hydrogen-bond acceptors (Lipinski definition) is 3. The summed E-state index contributed by atoms with van der Waals surface area (Å²) in [5.41, 5.74) is 0.788. The standard InChI is InChI=1S/C15H12N2O2/c1-19-13-9-10-16-14(11-13)17-15(18)8-7-12-5-3-2-4-6-12/h2-6,9-11H,1H3,(H,16,17,18). The number of benzene rings is 1. The normalized spacial score (nSPS) is 9.11. The summed E-state index contributed by atoms with van der Waals surface area (Å²) in [5, 5.41) is 2.58. The maximum absolute atomic E-state index is 11.6. The number of ether oxygens (including phenoxy) is 1. The number of amides is 1. The van der Waals surface area contributed by atoms with E-state index in [0.29, 0.717) is 11.6 Å². The molecule has 0 bridgehead atoms. The van der Waals surface area contributed by atoms with Crippen molar-refractivity contribution in [3.05, 3.63) is 54.2 Å². The molecule has 1 aromatic carbocycles. The smallest absolute Gasteiger partial charge is 0.301 e. The van der Waals surface area contributed by atoms with E-state index in [1.54, 1.807) is 25.4 Å². The Hall–Kier alpha value is -2.80. The summed E-state index contributed by atoms with van der Waals surface area (Å²) in [6.45, 7) is 0. The average Bonchev–Trinajstić information content (AvgIpc) is 2.46. The van der Waals surface area contributed by atoms with Crippen LogP contribution in [0.1, 0.15) is 5.56 Å². The molecule has 4 heteroatoms. The van der Waals surface area contributed by atoms with Gasteiger partial charge in [-0.1, -0.05) is 24.1 Å². The van der Waals surface area contributed by atoms with Gasteiger partial charge >= 0.3 is 5.91 Å². The van der Waals surface area contributed by atoms with Crippen molar-refractivity contribution in [1.29, 1.82) is 0 Å². The van der Waals surface area contributed by atoms with Gasteiger partial charge in [0.25, 0.3) is 0 Å². The van der Waals surface area contributed by atoms with Crippen LogP contribution in [0.15, 0.2) is 48.7 Å². The predicted molar refractivity (Wildman–Crippen MR) is 72.7 cm³/mol. The average molecular weight is 252 g/mol. The molecule has 0 aliphatic rings. The van der Waals surface area contributed by atoms with E-state index in [1.165, 1.54) is 0 Å². The van der Waals surface area contributed by atoms with Crippen molar-refractivity contribution in [3.8, 4) is 17.6 Å². The van der Waals surface area contributed by atoms with Gasteiger partial charge in [0, 0.05) is 23.7 Å². The molecule has 2 rings (SSSR count). The summed E-state index contributed by atoms with van der Waals surface area (Å²) in [6.07, 6.45) is 1.55. The van der Waals surface area contributed by atoms with Gasteiger partial charge < -0.3 is 4.74 Å². The van der Waals surface area contributed by atoms with Crippen molar-refractivity contribution in [3.63, 3.8) is 0 Å². The Labute approximate surface area is 111 Å². The van der Waals surface area contributed by atoms with E-state index in [-0.39, 0.29) is 0 Å². The summed E-state index contributed by atoms with van der Waals surface area (Å²) in [4.78, 5) is 15.6. The molecule has 0 fully saturated rings. The molecule has 1 N–H and O–H groups in total. The van der Waals surface area contributed by atoms with Gasteiger partial charge in [0.1, 0.15) is 11.6 Å². The molecule has 0 radical (unpaired) electrons. The SMILES string of the molecule is COc1ccnc(NC(=O)C#Cc2ccccc2)c1. The minimum atomic E-state index is -0.412. The van der Waals surface area contributed by atoms with Crippen molar-refractivity contribution < 1.29 is 9.53 Å². The number of carbonyl (C=O) groups excluding carboxylic acids is 1. The summed E-state index contributed by atoms with van der Waals surface area (Å²) >= 11 is 0. The molecule has 4 nitrogen and oxygen atoms in total. The van der Waals surface area contributed by atoms with E-state index < -0.39 is 5.91 Å². The molecule has 0 aliphatic heterocycles. The molecule has 0 spiro atoms. The number of nitrogens with one attached hydrogen (secondary N) is 1. The lowest BCUT2D eigenvalue weighted by molar-refractivity contribution is -0.111. The zero-order valence-corrected chi connectivity index (χ0v) is 10.4. The van der Waals surface area contributed by atoms with E-state index in [0.717, 1.165) is 5.56 Å². The van der Waals surface area contributed by atoms with Gasteiger partial charge in [0.2, 0.25) is 0 Å². The van der Waals surface area contributed by atoms with Gasteiger partial charge in [0.15, 0.2) is 0 Å². The quantitative estimate of drug-likeness (QED) is 0.832. The molecular formula is C15H12N2O2. The molecule has 19 heavy (non-hydrogen) atoms. The highest BCUT2D eigenvalue weighted by Crippen LogP contribution is 2.13. The molecule has 1 aromatic heterocycles. The second-order valence-corrected chi connectivity index (χ2v) is 3.65. The van der Waals surface area contributed by atoms with Crippen LogP contribution in [0, 0.1) is 11.8 Å². The highest BCUT2D eigenvalue weighted by atomic mass is 16.5. The maximum atomic E-state index is 11.6. The van der Waals surface area contributed by atoms with Gasteiger partial charge in [-0.25, -0.2) is 4.98 Å². The largest absolute Gasteiger partial charge is 0.497 e. The number of nitrogens with zero attached hydrogens (tertiary/aromatic N) is 1. The fourth-order valence-electron chi connectivity index (χ4n) is 1.40. The molecule has 0 atom stereocenters. The number of pyridine rings is 1. The van der Waals surface area contributed by atoms with Gasteiger partial charge in [0.05, 0.1) is 7.11 Å². The number of anilines is 1. The number of hydrogen-bond donors (Lipinski definition) is 1. The van der Waals surface area contributed by atoms with Gasteiger partial charge in [-0.2, -0.15) is 0 Å². The van der Waals surface area contributed by atoms with Gasteiger partial charge in [-0.15, -0.1) is 0 Å². The lowest BCUT2D eigenvalue weighted by atomic mass is 10.2. The summed E-state index contributed by atoms with van der Waals surface area (Å²) in [7, 11) is 1.55. The van der Waals surface area contributed by atoms with E-state index in [4.69, 9.17) is 4.74 Å². The van der Waals surface area contributed by atoms with E-state index in [1.807, 2.05) is 30.3 Å². The number of aromatic nitrogens is 1. The molecule has 0 aliphatic carbocycles. The Balaban J connectivity index is 2.04. The highest BCUT2D eigenvalue weighted by molar-refractivity contribution is 6.03. The molecule has 94 valence electrons. The second-order valence-electron chi connectivity index (χ2n) is 3.65. The van der Waals surface area contributed by atoms with Crippen molar-refractivity contribution in [2.24, 2.45) is 0 Å². The van der Waals surface area contributed by atoms with Crippen LogP contribution in [-0.2, 0) is 4.79 Å². The predicted octanol–water partition coefficient (Wildman–Crippen LogP) is 2.08. The maximum Gasteiger partial charge on any atom is 0.301 e. The topological polar surface area (TPSA) is 51.2 Å². The molecule has 1 heterocycles. The third-order valence-electron chi connectivity index (χ3n) is 2.30. The van der Waals surface area contributed by atoms with Crippen molar-refractivity contribution in [2.75, 3.05) is 12.4 Å². The zero-order chi connectivity index (χ0) is 13.5.